The van der Waals surface area contributed by atoms with Gasteiger partial charge in [-0.15, -0.1) is 5.10 Å². The number of rotatable bonds is 4. The molecule has 0 aliphatic heterocycles. The van der Waals surface area contributed by atoms with E-state index >= 15 is 0 Å². The SMILES string of the molecule is Nc1ccc(Cl)cc1C(=O)NCCn1ccnn1. The summed E-state index contributed by atoms with van der Waals surface area (Å²) in [5.74, 6) is -0.255. The van der Waals surface area contributed by atoms with Crippen molar-refractivity contribution in [3.63, 3.8) is 0 Å². The van der Waals surface area contributed by atoms with Gasteiger partial charge in [-0.25, -0.2) is 0 Å². The van der Waals surface area contributed by atoms with E-state index < -0.39 is 0 Å². The number of halogens is 1. The summed E-state index contributed by atoms with van der Waals surface area (Å²) in [5, 5.41) is 10.7. The van der Waals surface area contributed by atoms with Crippen LogP contribution in [0.5, 0.6) is 0 Å². The Balaban J connectivity index is 1.93. The van der Waals surface area contributed by atoms with Crippen molar-refractivity contribution in [3.8, 4) is 0 Å². The molecule has 0 saturated carbocycles. The first-order chi connectivity index (χ1) is 8.66. The van der Waals surface area contributed by atoms with Gasteiger partial charge in [0.15, 0.2) is 0 Å². The molecule has 2 aromatic rings. The van der Waals surface area contributed by atoms with Crippen molar-refractivity contribution in [2.75, 3.05) is 12.3 Å². The van der Waals surface area contributed by atoms with E-state index in [4.69, 9.17) is 17.3 Å². The second-order valence-corrected chi connectivity index (χ2v) is 4.09. The predicted octanol–water partition coefficient (Wildman–Crippen LogP) is 0.944. The third-order valence-corrected chi connectivity index (χ3v) is 2.59. The van der Waals surface area contributed by atoms with Crippen LogP contribution in [0.25, 0.3) is 0 Å². The van der Waals surface area contributed by atoms with Gasteiger partial charge in [-0.05, 0) is 18.2 Å². The molecule has 18 heavy (non-hydrogen) atoms. The van der Waals surface area contributed by atoms with Gasteiger partial charge in [0, 0.05) is 23.5 Å². The van der Waals surface area contributed by atoms with E-state index in [1.165, 1.54) is 0 Å². The van der Waals surface area contributed by atoms with Crippen molar-refractivity contribution < 1.29 is 4.79 Å². The van der Waals surface area contributed by atoms with Gasteiger partial charge in [-0.2, -0.15) is 0 Å². The van der Waals surface area contributed by atoms with Crippen LogP contribution in [0.4, 0.5) is 5.69 Å². The van der Waals surface area contributed by atoms with Crippen LogP contribution in [0.15, 0.2) is 30.6 Å². The number of nitrogens with one attached hydrogen (secondary N) is 1. The molecule has 0 saturated heterocycles. The molecule has 1 aromatic carbocycles. The molecule has 0 unspecified atom stereocenters. The first-order valence-electron chi connectivity index (χ1n) is 5.34. The molecule has 6 nitrogen and oxygen atoms in total. The summed E-state index contributed by atoms with van der Waals surface area (Å²) in [6.07, 6.45) is 3.30. The van der Waals surface area contributed by atoms with Gasteiger partial charge in [-0.3, -0.25) is 9.48 Å². The highest BCUT2D eigenvalue weighted by molar-refractivity contribution is 6.31. The van der Waals surface area contributed by atoms with E-state index in [1.54, 1.807) is 35.3 Å². The van der Waals surface area contributed by atoms with Crippen molar-refractivity contribution in [2.45, 2.75) is 6.54 Å². The molecule has 0 fully saturated rings. The van der Waals surface area contributed by atoms with Gasteiger partial charge in [0.1, 0.15) is 0 Å². The quantitative estimate of drug-likeness (QED) is 0.806. The molecule has 0 aliphatic carbocycles. The maximum absolute atomic E-state index is 11.9. The van der Waals surface area contributed by atoms with Gasteiger partial charge in [-0.1, -0.05) is 16.8 Å². The Labute approximate surface area is 109 Å². The lowest BCUT2D eigenvalue weighted by Crippen LogP contribution is -2.28. The topological polar surface area (TPSA) is 85.8 Å². The molecule has 0 spiro atoms. The Bertz CT molecular complexity index is 540. The summed E-state index contributed by atoms with van der Waals surface area (Å²) in [6, 6.07) is 4.79. The van der Waals surface area contributed by atoms with Crippen LogP contribution < -0.4 is 11.1 Å². The number of benzene rings is 1. The highest BCUT2D eigenvalue weighted by Gasteiger charge is 2.09. The largest absolute Gasteiger partial charge is 0.398 e. The lowest BCUT2D eigenvalue weighted by molar-refractivity contribution is 0.0952. The van der Waals surface area contributed by atoms with Crippen molar-refractivity contribution >= 4 is 23.2 Å². The molecule has 1 amide bonds. The number of nitrogen functional groups attached to an aromatic ring is 1. The summed E-state index contributed by atoms with van der Waals surface area (Å²) in [4.78, 5) is 11.9. The summed E-state index contributed by atoms with van der Waals surface area (Å²) in [7, 11) is 0. The van der Waals surface area contributed by atoms with Crippen LogP contribution in [0.1, 0.15) is 10.4 Å². The Morgan fingerprint density at radius 2 is 2.33 bits per heavy atom. The molecule has 94 valence electrons. The molecular weight excluding hydrogens is 254 g/mol. The Kier molecular flexibility index (Phi) is 3.78. The highest BCUT2D eigenvalue weighted by Crippen LogP contribution is 2.17. The summed E-state index contributed by atoms with van der Waals surface area (Å²) in [6.45, 7) is 0.986. The number of anilines is 1. The van der Waals surface area contributed by atoms with Crippen molar-refractivity contribution in [2.24, 2.45) is 0 Å². The number of nitrogens with two attached hydrogens (primary N) is 1. The number of aromatic nitrogens is 3. The molecule has 1 heterocycles. The molecule has 0 atom stereocenters. The Hall–Kier alpha value is -2.08. The van der Waals surface area contributed by atoms with E-state index in [-0.39, 0.29) is 5.91 Å². The zero-order valence-electron chi connectivity index (χ0n) is 9.51. The third kappa shape index (κ3) is 2.98. The average molecular weight is 266 g/mol. The molecule has 1 aromatic heterocycles. The van der Waals surface area contributed by atoms with E-state index in [1.807, 2.05) is 0 Å². The first-order valence-corrected chi connectivity index (χ1v) is 5.72. The van der Waals surface area contributed by atoms with Gasteiger partial charge in [0.25, 0.3) is 5.91 Å². The second kappa shape index (κ2) is 5.50. The molecule has 0 radical (unpaired) electrons. The van der Waals surface area contributed by atoms with Crippen LogP contribution in [-0.4, -0.2) is 27.4 Å². The number of carbonyl (C=O) groups excluding carboxylic acids is 1. The lowest BCUT2D eigenvalue weighted by Gasteiger charge is -2.07. The predicted molar refractivity (Wildman–Crippen MR) is 68.2 cm³/mol. The van der Waals surface area contributed by atoms with Gasteiger partial charge < -0.3 is 11.1 Å². The van der Waals surface area contributed by atoms with E-state index in [0.29, 0.717) is 29.4 Å². The average Bonchev–Trinajstić information content (AvgIpc) is 2.85. The lowest BCUT2D eigenvalue weighted by atomic mass is 10.1. The Morgan fingerprint density at radius 3 is 3.06 bits per heavy atom. The molecule has 2 rings (SSSR count). The number of hydrogen-bond acceptors (Lipinski definition) is 4. The molecule has 7 heteroatoms. The van der Waals surface area contributed by atoms with E-state index in [9.17, 15) is 4.79 Å². The summed E-state index contributed by atoms with van der Waals surface area (Å²) in [5.41, 5.74) is 6.49. The van der Waals surface area contributed by atoms with Crippen molar-refractivity contribution in [1.82, 2.24) is 20.3 Å². The van der Waals surface area contributed by atoms with E-state index in [0.717, 1.165) is 0 Å². The molecule has 0 aliphatic rings. The Morgan fingerprint density at radius 1 is 1.50 bits per heavy atom. The smallest absolute Gasteiger partial charge is 0.253 e. The zero-order valence-corrected chi connectivity index (χ0v) is 10.3. The molecule has 0 bridgehead atoms. The molecule has 3 N–H and O–H groups in total. The summed E-state index contributed by atoms with van der Waals surface area (Å²) < 4.78 is 1.63. The summed E-state index contributed by atoms with van der Waals surface area (Å²) >= 11 is 5.82. The van der Waals surface area contributed by atoms with Crippen LogP contribution in [0.2, 0.25) is 5.02 Å². The highest BCUT2D eigenvalue weighted by atomic mass is 35.5. The normalized spacial score (nSPS) is 10.3. The van der Waals surface area contributed by atoms with E-state index in [2.05, 4.69) is 15.6 Å². The number of hydrogen-bond donors (Lipinski definition) is 2. The van der Waals surface area contributed by atoms with Gasteiger partial charge >= 0.3 is 0 Å². The minimum absolute atomic E-state index is 0.255. The maximum atomic E-state index is 11.9. The minimum atomic E-state index is -0.255. The van der Waals surface area contributed by atoms with Crippen LogP contribution in [0, 0.1) is 0 Å². The minimum Gasteiger partial charge on any atom is -0.398 e. The number of amides is 1. The van der Waals surface area contributed by atoms with Crippen LogP contribution in [0.3, 0.4) is 0 Å². The molecular formula is C11H12ClN5O. The fourth-order valence-corrected chi connectivity index (χ4v) is 1.63. The van der Waals surface area contributed by atoms with Gasteiger partial charge in [0.05, 0.1) is 18.3 Å². The fourth-order valence-electron chi connectivity index (χ4n) is 1.46. The fraction of sp³-hybridized carbons (Fsp3) is 0.182. The maximum Gasteiger partial charge on any atom is 0.253 e. The second-order valence-electron chi connectivity index (χ2n) is 3.65. The van der Waals surface area contributed by atoms with Crippen molar-refractivity contribution in [3.05, 3.63) is 41.2 Å². The zero-order chi connectivity index (χ0) is 13.0. The third-order valence-electron chi connectivity index (χ3n) is 2.36. The number of nitrogens with zero attached hydrogens (tertiary/aromatic N) is 3. The first kappa shape index (κ1) is 12.4. The number of carbonyl (C=O) groups is 1. The van der Waals surface area contributed by atoms with Crippen LogP contribution in [-0.2, 0) is 6.54 Å². The van der Waals surface area contributed by atoms with Crippen LogP contribution >= 0.6 is 11.6 Å². The monoisotopic (exact) mass is 265 g/mol. The van der Waals surface area contributed by atoms with Gasteiger partial charge in [0.2, 0.25) is 0 Å². The standard InChI is InChI=1S/C11H12ClN5O/c12-8-1-2-10(13)9(7-8)11(18)14-3-5-17-6-4-15-16-17/h1-2,4,6-7H,3,5,13H2,(H,14,18). The van der Waals surface area contributed by atoms with Crippen molar-refractivity contribution in [1.29, 1.82) is 0 Å².